The average Bonchev–Trinajstić information content (AvgIpc) is 2.62. The summed E-state index contributed by atoms with van der Waals surface area (Å²) in [6, 6.07) is 12.8. The molecule has 2 unspecified atom stereocenters. The number of nitrogens with two attached hydrogens (primary N) is 1. The Morgan fingerprint density at radius 2 is 1.72 bits per heavy atom. The SMILES string of the molecule is Cl.NC1CCc2ccc(CNS(=O)(=O)C3CCC3)cc2C1Cc1ccc(F)cc1. The summed E-state index contributed by atoms with van der Waals surface area (Å²) < 4.78 is 40.6. The Morgan fingerprint density at radius 3 is 2.38 bits per heavy atom. The Morgan fingerprint density at radius 1 is 1.03 bits per heavy atom. The van der Waals surface area contributed by atoms with E-state index in [2.05, 4.69) is 16.9 Å². The van der Waals surface area contributed by atoms with Gasteiger partial charge in [0.15, 0.2) is 0 Å². The number of hydrogen-bond acceptors (Lipinski definition) is 3. The first-order chi connectivity index (χ1) is 13.4. The Balaban J connectivity index is 0.00000240. The first-order valence-electron chi connectivity index (χ1n) is 10.0. The van der Waals surface area contributed by atoms with E-state index in [9.17, 15) is 12.8 Å². The number of fused-ring (bicyclic) bond motifs is 1. The fraction of sp³-hybridized carbons (Fsp3) is 0.455. The summed E-state index contributed by atoms with van der Waals surface area (Å²) in [5.41, 5.74) is 10.9. The molecule has 2 atom stereocenters. The molecule has 0 bridgehead atoms. The Hall–Kier alpha value is -1.47. The second-order valence-electron chi connectivity index (χ2n) is 8.09. The van der Waals surface area contributed by atoms with Gasteiger partial charge >= 0.3 is 0 Å². The number of benzene rings is 2. The molecule has 2 aliphatic rings. The molecule has 0 spiro atoms. The molecule has 0 amide bonds. The molecular formula is C22H28ClFN2O2S. The fourth-order valence-corrected chi connectivity index (χ4v) is 5.76. The molecule has 4 rings (SSSR count). The van der Waals surface area contributed by atoms with Crippen molar-refractivity contribution in [1.29, 1.82) is 0 Å². The molecule has 2 aromatic carbocycles. The van der Waals surface area contributed by atoms with Gasteiger partial charge in [0.1, 0.15) is 5.82 Å². The van der Waals surface area contributed by atoms with Crippen molar-refractivity contribution in [2.24, 2.45) is 5.73 Å². The van der Waals surface area contributed by atoms with Crippen LogP contribution < -0.4 is 10.5 Å². The van der Waals surface area contributed by atoms with Crippen LogP contribution in [0.2, 0.25) is 0 Å². The number of hydrogen-bond donors (Lipinski definition) is 2. The van der Waals surface area contributed by atoms with Gasteiger partial charge < -0.3 is 5.73 Å². The summed E-state index contributed by atoms with van der Waals surface area (Å²) in [5.74, 6) is -0.0875. The van der Waals surface area contributed by atoms with Crippen molar-refractivity contribution in [3.05, 3.63) is 70.5 Å². The summed E-state index contributed by atoms with van der Waals surface area (Å²) >= 11 is 0. The molecule has 0 heterocycles. The van der Waals surface area contributed by atoms with Crippen molar-refractivity contribution >= 4 is 22.4 Å². The van der Waals surface area contributed by atoms with E-state index < -0.39 is 10.0 Å². The van der Waals surface area contributed by atoms with Gasteiger partial charge in [-0.2, -0.15) is 0 Å². The fourth-order valence-electron chi connectivity index (χ4n) is 4.20. The molecule has 3 N–H and O–H groups in total. The van der Waals surface area contributed by atoms with Gasteiger partial charge in [0.05, 0.1) is 5.25 Å². The highest BCUT2D eigenvalue weighted by molar-refractivity contribution is 7.90. The van der Waals surface area contributed by atoms with Crippen LogP contribution in [0.3, 0.4) is 0 Å². The molecule has 29 heavy (non-hydrogen) atoms. The summed E-state index contributed by atoms with van der Waals surface area (Å²) in [5, 5.41) is -0.232. The lowest BCUT2D eigenvalue weighted by molar-refractivity contribution is 0.465. The van der Waals surface area contributed by atoms with Crippen LogP contribution in [0.4, 0.5) is 4.39 Å². The van der Waals surface area contributed by atoms with Crippen molar-refractivity contribution in [3.8, 4) is 0 Å². The summed E-state index contributed by atoms with van der Waals surface area (Å²) in [4.78, 5) is 0. The standard InChI is InChI=1S/C22H27FN2O2S.ClH/c23-18-9-5-15(6-10-18)12-21-20-13-16(4-7-17(20)8-11-22(21)24)14-25-28(26,27)19-2-1-3-19;/h4-7,9-10,13,19,21-22,25H,1-3,8,11-12,14,24H2;1H. The highest BCUT2D eigenvalue weighted by Gasteiger charge is 2.31. The normalized spacial score (nSPS) is 21.7. The molecule has 158 valence electrons. The number of nitrogens with one attached hydrogen (secondary N) is 1. The van der Waals surface area contributed by atoms with E-state index >= 15 is 0 Å². The van der Waals surface area contributed by atoms with Gasteiger partial charge in [-0.1, -0.05) is 36.8 Å². The summed E-state index contributed by atoms with van der Waals surface area (Å²) in [6.45, 7) is 0.310. The lowest BCUT2D eigenvalue weighted by atomic mass is 9.76. The first-order valence-corrected chi connectivity index (χ1v) is 11.6. The maximum absolute atomic E-state index is 13.2. The topological polar surface area (TPSA) is 72.2 Å². The monoisotopic (exact) mass is 438 g/mol. The van der Waals surface area contributed by atoms with E-state index in [0.29, 0.717) is 6.54 Å². The third-order valence-electron chi connectivity index (χ3n) is 6.21. The van der Waals surface area contributed by atoms with Gasteiger partial charge in [0, 0.05) is 18.5 Å². The van der Waals surface area contributed by atoms with Crippen LogP contribution >= 0.6 is 12.4 Å². The van der Waals surface area contributed by atoms with Gasteiger partial charge in [0.2, 0.25) is 10.0 Å². The molecule has 2 aromatic rings. The Bertz CT molecular complexity index is 946. The quantitative estimate of drug-likeness (QED) is 0.720. The van der Waals surface area contributed by atoms with Crippen molar-refractivity contribution in [1.82, 2.24) is 4.72 Å². The highest BCUT2D eigenvalue weighted by atomic mass is 35.5. The zero-order chi connectivity index (χ0) is 19.7. The molecule has 0 aromatic heterocycles. The number of sulfonamides is 1. The Labute approximate surface area is 178 Å². The molecule has 1 fully saturated rings. The van der Waals surface area contributed by atoms with E-state index in [0.717, 1.165) is 49.7 Å². The van der Waals surface area contributed by atoms with Crippen molar-refractivity contribution in [3.63, 3.8) is 0 Å². The van der Waals surface area contributed by atoms with Crippen LogP contribution in [0.1, 0.15) is 53.9 Å². The van der Waals surface area contributed by atoms with Gasteiger partial charge in [0.25, 0.3) is 0 Å². The highest BCUT2D eigenvalue weighted by Crippen LogP contribution is 2.34. The van der Waals surface area contributed by atoms with Gasteiger partial charge in [-0.15, -0.1) is 12.4 Å². The lowest BCUT2D eigenvalue weighted by Crippen LogP contribution is -2.38. The van der Waals surface area contributed by atoms with E-state index in [-0.39, 0.29) is 35.4 Å². The van der Waals surface area contributed by atoms with E-state index in [4.69, 9.17) is 5.73 Å². The third kappa shape index (κ3) is 5.00. The van der Waals surface area contributed by atoms with Crippen molar-refractivity contribution in [2.75, 3.05) is 0 Å². The lowest BCUT2D eigenvalue weighted by Gasteiger charge is -2.32. The maximum Gasteiger partial charge on any atom is 0.214 e. The Kier molecular flexibility index (Phi) is 6.99. The van der Waals surface area contributed by atoms with E-state index in [1.165, 1.54) is 23.3 Å². The molecular weight excluding hydrogens is 411 g/mol. The second kappa shape index (κ2) is 9.13. The third-order valence-corrected chi connectivity index (χ3v) is 8.11. The zero-order valence-corrected chi connectivity index (χ0v) is 17.9. The molecule has 1 saturated carbocycles. The largest absolute Gasteiger partial charge is 0.327 e. The maximum atomic E-state index is 13.2. The minimum atomic E-state index is -3.23. The molecule has 0 radical (unpaired) electrons. The number of aryl methyl sites for hydroxylation is 1. The van der Waals surface area contributed by atoms with Gasteiger partial charge in [-0.3, -0.25) is 0 Å². The van der Waals surface area contributed by atoms with Crippen LogP contribution in [-0.4, -0.2) is 19.7 Å². The predicted molar refractivity (Wildman–Crippen MR) is 116 cm³/mol. The summed E-state index contributed by atoms with van der Waals surface area (Å²) in [6.07, 6.45) is 5.12. The van der Waals surface area contributed by atoms with Crippen LogP contribution in [0.15, 0.2) is 42.5 Å². The number of rotatable bonds is 6. The second-order valence-corrected chi connectivity index (χ2v) is 10.1. The van der Waals surface area contributed by atoms with E-state index in [1.54, 1.807) is 0 Å². The zero-order valence-electron chi connectivity index (χ0n) is 16.3. The predicted octanol–water partition coefficient (Wildman–Crippen LogP) is 3.82. The molecule has 2 aliphatic carbocycles. The molecule has 7 heteroatoms. The van der Waals surface area contributed by atoms with Crippen LogP contribution in [0, 0.1) is 5.82 Å². The van der Waals surface area contributed by atoms with Crippen molar-refractivity contribution in [2.45, 2.75) is 62.3 Å². The van der Waals surface area contributed by atoms with Gasteiger partial charge in [-0.05, 0) is 66.5 Å². The first kappa shape index (κ1) is 22.2. The smallest absolute Gasteiger partial charge is 0.214 e. The minimum Gasteiger partial charge on any atom is -0.327 e. The van der Waals surface area contributed by atoms with Crippen LogP contribution in [-0.2, 0) is 29.4 Å². The molecule has 4 nitrogen and oxygen atoms in total. The van der Waals surface area contributed by atoms with E-state index in [1.807, 2.05) is 18.2 Å². The minimum absolute atomic E-state index is 0. The van der Waals surface area contributed by atoms with Crippen molar-refractivity contribution < 1.29 is 12.8 Å². The van der Waals surface area contributed by atoms with Crippen LogP contribution in [0.25, 0.3) is 0 Å². The van der Waals surface area contributed by atoms with Gasteiger partial charge in [-0.25, -0.2) is 17.5 Å². The average molecular weight is 439 g/mol. The molecule has 0 saturated heterocycles. The summed E-state index contributed by atoms with van der Waals surface area (Å²) in [7, 11) is -3.23. The molecule has 0 aliphatic heterocycles. The van der Waals surface area contributed by atoms with Crippen LogP contribution in [0.5, 0.6) is 0 Å². The number of halogens is 2.